The van der Waals surface area contributed by atoms with Gasteiger partial charge in [-0.3, -0.25) is 19.3 Å². The number of hydrogen-bond acceptors (Lipinski definition) is 3. The maximum absolute atomic E-state index is 13.6. The molecule has 5 nitrogen and oxygen atoms in total. The Morgan fingerprint density at radius 2 is 1.61 bits per heavy atom. The smallest absolute Gasteiger partial charge is 0.261 e. The first-order valence-electron chi connectivity index (χ1n) is 11.2. The normalized spacial score (nSPS) is 12.8. The van der Waals surface area contributed by atoms with Gasteiger partial charge in [-0.25, -0.2) is 0 Å². The lowest BCUT2D eigenvalue weighted by Gasteiger charge is -2.30. The Kier molecular flexibility index (Phi) is 6.60. The highest BCUT2D eigenvalue weighted by molar-refractivity contribution is 9.10. The molecule has 36 heavy (non-hydrogen) atoms. The van der Waals surface area contributed by atoms with E-state index in [0.29, 0.717) is 27.2 Å². The molecule has 0 unspecified atom stereocenters. The SMILES string of the molecule is Cc1ccc(N(CCN2C(=O)c3cccc4c(Br)ccc(c34)C2=O)C(=O)c2ccc(Cl)cc2Cl)cc1. The van der Waals surface area contributed by atoms with Crippen molar-refractivity contribution >= 4 is 73.3 Å². The van der Waals surface area contributed by atoms with Crippen molar-refractivity contribution in [2.75, 3.05) is 18.0 Å². The van der Waals surface area contributed by atoms with E-state index in [4.69, 9.17) is 23.2 Å². The largest absolute Gasteiger partial charge is 0.307 e. The number of nitrogens with zero attached hydrogens (tertiary/aromatic N) is 2. The van der Waals surface area contributed by atoms with Gasteiger partial charge in [-0.1, -0.05) is 69.0 Å². The monoisotopic (exact) mass is 580 g/mol. The first-order valence-corrected chi connectivity index (χ1v) is 12.7. The molecule has 0 fully saturated rings. The second kappa shape index (κ2) is 9.69. The Balaban J connectivity index is 1.49. The third-order valence-electron chi connectivity index (χ3n) is 6.24. The van der Waals surface area contributed by atoms with Crippen molar-refractivity contribution in [3.05, 3.63) is 110 Å². The number of anilines is 1. The summed E-state index contributed by atoms with van der Waals surface area (Å²) in [7, 11) is 0. The standard InChI is InChI=1S/C28H19BrCl2N2O3/c1-16-5-8-18(9-6-16)32(26(34)20-10-7-17(30)15-24(20)31)13-14-33-27(35)21-4-2-3-19-23(29)12-11-22(25(19)21)28(33)36/h2-12,15H,13-14H2,1H3. The molecule has 8 heteroatoms. The highest BCUT2D eigenvalue weighted by Crippen LogP contribution is 2.34. The number of hydrogen-bond donors (Lipinski definition) is 0. The van der Waals surface area contributed by atoms with Gasteiger partial charge < -0.3 is 4.90 Å². The first-order chi connectivity index (χ1) is 17.3. The number of halogens is 3. The van der Waals surface area contributed by atoms with E-state index in [-0.39, 0.29) is 29.6 Å². The number of amides is 3. The van der Waals surface area contributed by atoms with E-state index in [2.05, 4.69) is 15.9 Å². The lowest BCUT2D eigenvalue weighted by molar-refractivity contribution is 0.0611. The van der Waals surface area contributed by atoms with Gasteiger partial charge in [0.15, 0.2) is 0 Å². The van der Waals surface area contributed by atoms with Gasteiger partial charge in [0.1, 0.15) is 0 Å². The minimum Gasteiger partial charge on any atom is -0.307 e. The molecular formula is C28H19BrCl2N2O3. The second-order valence-electron chi connectivity index (χ2n) is 8.50. The number of benzene rings is 4. The quantitative estimate of drug-likeness (QED) is 0.235. The average molecular weight is 582 g/mol. The number of carbonyl (C=O) groups is 3. The van der Waals surface area contributed by atoms with Gasteiger partial charge in [0.05, 0.1) is 10.6 Å². The van der Waals surface area contributed by atoms with E-state index < -0.39 is 11.8 Å². The molecule has 3 amide bonds. The molecule has 4 aromatic rings. The first kappa shape index (κ1) is 24.5. The van der Waals surface area contributed by atoms with Crippen LogP contribution in [0.3, 0.4) is 0 Å². The molecule has 0 spiro atoms. The van der Waals surface area contributed by atoms with E-state index >= 15 is 0 Å². The number of imide groups is 1. The maximum Gasteiger partial charge on any atom is 0.261 e. The summed E-state index contributed by atoms with van der Waals surface area (Å²) in [5, 5.41) is 2.08. The van der Waals surface area contributed by atoms with Crippen LogP contribution in [-0.4, -0.2) is 35.7 Å². The van der Waals surface area contributed by atoms with Gasteiger partial charge >= 0.3 is 0 Å². The Bertz CT molecular complexity index is 1530. The molecule has 0 saturated carbocycles. The molecule has 0 radical (unpaired) electrons. The minimum absolute atomic E-state index is 0.00832. The third-order valence-corrected chi connectivity index (χ3v) is 7.48. The number of aryl methyl sites for hydroxylation is 1. The van der Waals surface area contributed by atoms with Crippen molar-refractivity contribution in [2.24, 2.45) is 0 Å². The molecule has 0 aliphatic carbocycles. The Morgan fingerprint density at radius 3 is 2.31 bits per heavy atom. The van der Waals surface area contributed by atoms with Crippen molar-refractivity contribution in [3.63, 3.8) is 0 Å². The van der Waals surface area contributed by atoms with Crippen LogP contribution in [-0.2, 0) is 0 Å². The van der Waals surface area contributed by atoms with Crippen molar-refractivity contribution in [2.45, 2.75) is 6.92 Å². The van der Waals surface area contributed by atoms with Crippen molar-refractivity contribution in [1.29, 1.82) is 0 Å². The van der Waals surface area contributed by atoms with Crippen LogP contribution < -0.4 is 4.90 Å². The molecule has 1 aliphatic heterocycles. The second-order valence-corrected chi connectivity index (χ2v) is 10.2. The van der Waals surface area contributed by atoms with Crippen molar-refractivity contribution in [1.82, 2.24) is 4.90 Å². The summed E-state index contributed by atoms with van der Waals surface area (Å²) < 4.78 is 0.813. The van der Waals surface area contributed by atoms with Gasteiger partial charge in [0, 0.05) is 44.8 Å². The molecule has 0 atom stereocenters. The van der Waals surface area contributed by atoms with Crippen molar-refractivity contribution < 1.29 is 14.4 Å². The average Bonchev–Trinajstić information content (AvgIpc) is 2.86. The van der Waals surface area contributed by atoms with Crippen LogP contribution in [0.5, 0.6) is 0 Å². The molecule has 0 saturated heterocycles. The topological polar surface area (TPSA) is 57.7 Å². The fourth-order valence-electron chi connectivity index (χ4n) is 4.39. The lowest BCUT2D eigenvalue weighted by atomic mass is 9.94. The van der Waals surface area contributed by atoms with Crippen LogP contribution in [0.1, 0.15) is 36.6 Å². The third kappa shape index (κ3) is 4.30. The molecule has 5 rings (SSSR count). The van der Waals surface area contributed by atoms with Gasteiger partial charge in [0.25, 0.3) is 17.7 Å². The van der Waals surface area contributed by atoms with Crippen LogP contribution in [0.15, 0.2) is 77.3 Å². The molecule has 0 N–H and O–H groups in total. The van der Waals surface area contributed by atoms with Gasteiger partial charge in [-0.2, -0.15) is 0 Å². The number of carbonyl (C=O) groups excluding carboxylic acids is 3. The Labute approximate surface area is 226 Å². The molecule has 0 bridgehead atoms. The van der Waals surface area contributed by atoms with E-state index in [1.807, 2.05) is 37.3 Å². The van der Waals surface area contributed by atoms with Gasteiger partial charge in [-0.05, 0) is 60.8 Å². The molecule has 4 aromatic carbocycles. The van der Waals surface area contributed by atoms with Crippen LogP contribution in [0.2, 0.25) is 10.0 Å². The fraction of sp³-hybridized carbons (Fsp3) is 0.107. The fourth-order valence-corrected chi connectivity index (χ4v) is 5.35. The summed E-state index contributed by atoms with van der Waals surface area (Å²) in [6, 6.07) is 21.0. The van der Waals surface area contributed by atoms with Crippen LogP contribution in [0, 0.1) is 6.92 Å². The van der Waals surface area contributed by atoms with Crippen LogP contribution in [0.4, 0.5) is 5.69 Å². The highest BCUT2D eigenvalue weighted by atomic mass is 79.9. The zero-order valence-corrected chi connectivity index (χ0v) is 22.2. The van der Waals surface area contributed by atoms with Gasteiger partial charge in [-0.15, -0.1) is 0 Å². The van der Waals surface area contributed by atoms with E-state index in [1.54, 1.807) is 36.4 Å². The summed E-state index contributed by atoms with van der Waals surface area (Å²) in [5.41, 5.74) is 2.85. The summed E-state index contributed by atoms with van der Waals surface area (Å²) in [4.78, 5) is 43.1. The zero-order chi connectivity index (χ0) is 25.6. The summed E-state index contributed by atoms with van der Waals surface area (Å²) in [6.07, 6.45) is 0. The predicted molar refractivity (Wildman–Crippen MR) is 146 cm³/mol. The van der Waals surface area contributed by atoms with Crippen molar-refractivity contribution in [3.8, 4) is 0 Å². The summed E-state index contributed by atoms with van der Waals surface area (Å²) in [6.45, 7) is 2.04. The molecule has 0 aromatic heterocycles. The summed E-state index contributed by atoms with van der Waals surface area (Å²) in [5.74, 6) is -1.14. The maximum atomic E-state index is 13.6. The van der Waals surface area contributed by atoms with Crippen LogP contribution in [0.25, 0.3) is 10.8 Å². The molecular weight excluding hydrogens is 563 g/mol. The van der Waals surface area contributed by atoms with Gasteiger partial charge in [0.2, 0.25) is 0 Å². The summed E-state index contributed by atoms with van der Waals surface area (Å²) >= 11 is 15.9. The van der Waals surface area contributed by atoms with E-state index in [0.717, 1.165) is 15.4 Å². The predicted octanol–water partition coefficient (Wildman–Crippen LogP) is 7.16. The molecule has 1 aliphatic rings. The molecule has 180 valence electrons. The van der Waals surface area contributed by atoms with Crippen LogP contribution >= 0.6 is 39.1 Å². The molecule has 1 heterocycles. The Morgan fingerprint density at radius 1 is 0.917 bits per heavy atom. The zero-order valence-electron chi connectivity index (χ0n) is 19.1. The Hall–Kier alpha value is -3.19. The van der Waals surface area contributed by atoms with E-state index in [1.165, 1.54) is 15.9 Å². The van der Waals surface area contributed by atoms with E-state index in [9.17, 15) is 14.4 Å². The number of rotatable bonds is 5. The lowest BCUT2D eigenvalue weighted by Crippen LogP contribution is -2.46. The highest BCUT2D eigenvalue weighted by Gasteiger charge is 2.34. The minimum atomic E-state index is -0.392.